The molecular formula is C48H87N2+. The van der Waals surface area contributed by atoms with Crippen molar-refractivity contribution in [2.45, 2.75) is 245 Å². The van der Waals surface area contributed by atoms with Crippen LogP contribution >= 0.6 is 0 Å². The van der Waals surface area contributed by atoms with Gasteiger partial charge in [-0.1, -0.05) is 243 Å². The average Bonchev–Trinajstić information content (AvgIpc) is 3.68. The number of H-pyrrole nitrogens is 1. The Balaban J connectivity index is 1.60. The second kappa shape index (κ2) is 34.5. The van der Waals surface area contributed by atoms with Crippen LogP contribution in [0.1, 0.15) is 244 Å². The molecule has 1 N–H and O–H groups in total. The molecule has 0 saturated carbocycles. The van der Waals surface area contributed by atoms with Crippen LogP contribution in [0.4, 0.5) is 0 Å². The predicted octanol–water partition coefficient (Wildman–Crippen LogP) is 16.0. The van der Waals surface area contributed by atoms with Gasteiger partial charge >= 0.3 is 0 Å². The van der Waals surface area contributed by atoms with E-state index in [0.29, 0.717) is 12.0 Å². The van der Waals surface area contributed by atoms with E-state index in [1.807, 2.05) is 0 Å². The zero-order valence-corrected chi connectivity index (χ0v) is 34.0. The molecule has 0 aliphatic carbocycles. The van der Waals surface area contributed by atoms with E-state index in [-0.39, 0.29) is 0 Å². The lowest BCUT2D eigenvalue weighted by atomic mass is 9.84. The van der Waals surface area contributed by atoms with Gasteiger partial charge in [0.1, 0.15) is 18.4 Å². The van der Waals surface area contributed by atoms with E-state index in [2.05, 4.69) is 72.5 Å². The minimum absolute atomic E-state index is 0.601. The highest BCUT2D eigenvalue weighted by Gasteiger charge is 2.26. The van der Waals surface area contributed by atoms with Crippen LogP contribution in [0.25, 0.3) is 0 Å². The van der Waals surface area contributed by atoms with Gasteiger partial charge < -0.3 is 0 Å². The van der Waals surface area contributed by atoms with Gasteiger partial charge in [-0.15, -0.1) is 0 Å². The first kappa shape index (κ1) is 44.6. The summed E-state index contributed by atoms with van der Waals surface area (Å²) in [5.41, 5.74) is 1.52. The van der Waals surface area contributed by atoms with Gasteiger partial charge in [-0.3, -0.25) is 4.98 Å². The summed E-state index contributed by atoms with van der Waals surface area (Å²) in [4.78, 5) is 3.37. The zero-order valence-electron chi connectivity index (χ0n) is 34.0. The van der Waals surface area contributed by atoms with Gasteiger partial charge in [0.15, 0.2) is 0 Å². The average molecular weight is 692 g/mol. The molecule has 1 aromatic carbocycles. The molecular weight excluding hydrogens is 605 g/mol. The van der Waals surface area contributed by atoms with E-state index in [4.69, 9.17) is 0 Å². The highest BCUT2D eigenvalue weighted by atomic mass is 15.1. The van der Waals surface area contributed by atoms with E-state index < -0.39 is 0 Å². The first-order valence-electron chi connectivity index (χ1n) is 22.9. The molecule has 0 aliphatic heterocycles. The van der Waals surface area contributed by atoms with E-state index in [0.717, 1.165) is 0 Å². The topological polar surface area (TPSA) is 19.7 Å². The fraction of sp³-hybridized carbons (Fsp3) is 0.812. The molecule has 288 valence electrons. The summed E-state index contributed by atoms with van der Waals surface area (Å²) in [6, 6.07) is 11.9. The first-order chi connectivity index (χ1) is 24.8. The van der Waals surface area contributed by atoms with Crippen LogP contribution in [0, 0.1) is 5.92 Å². The number of hydrogen-bond acceptors (Lipinski definition) is 0. The van der Waals surface area contributed by atoms with Crippen molar-refractivity contribution in [3.63, 3.8) is 0 Å². The molecule has 0 spiro atoms. The number of aromatic amines is 1. The molecule has 2 unspecified atom stereocenters. The fourth-order valence-corrected chi connectivity index (χ4v) is 8.34. The molecule has 1 aromatic heterocycles. The quantitative estimate of drug-likeness (QED) is 0.0534. The SMILES string of the molecule is CCCCCCCCCCCCCCCCCCC(Cc1ccccc1)C(CCCCCCCCCCCCCCCCCC)[n+]1cc[nH]c1. The number of unbranched alkanes of at least 4 members (excludes halogenated alkanes) is 30. The second-order valence-electron chi connectivity index (χ2n) is 16.3. The Morgan fingerprint density at radius 2 is 0.800 bits per heavy atom. The minimum atomic E-state index is 0.601. The van der Waals surface area contributed by atoms with Crippen LogP contribution in [0.15, 0.2) is 49.1 Å². The molecule has 2 rings (SSSR count). The number of imidazole rings is 1. The van der Waals surface area contributed by atoms with E-state index in [9.17, 15) is 0 Å². The van der Waals surface area contributed by atoms with Gasteiger partial charge in [0.05, 0.1) is 0 Å². The lowest BCUT2D eigenvalue weighted by Gasteiger charge is -2.25. The molecule has 2 heteroatoms. The lowest BCUT2D eigenvalue weighted by molar-refractivity contribution is -0.730. The zero-order chi connectivity index (χ0) is 35.4. The van der Waals surface area contributed by atoms with Crippen molar-refractivity contribution in [3.05, 3.63) is 54.6 Å². The molecule has 2 atom stereocenters. The molecule has 0 aliphatic rings. The van der Waals surface area contributed by atoms with Crippen molar-refractivity contribution in [3.8, 4) is 0 Å². The van der Waals surface area contributed by atoms with Gasteiger partial charge in [-0.05, 0) is 31.2 Å². The van der Waals surface area contributed by atoms with Crippen LogP contribution in [0.2, 0.25) is 0 Å². The maximum Gasteiger partial charge on any atom is 0.241 e. The highest BCUT2D eigenvalue weighted by Crippen LogP contribution is 2.29. The fourth-order valence-electron chi connectivity index (χ4n) is 8.34. The normalized spacial score (nSPS) is 12.8. The molecule has 1 heterocycles. The van der Waals surface area contributed by atoms with Gasteiger partial charge in [-0.25, -0.2) is 4.57 Å². The monoisotopic (exact) mass is 692 g/mol. The van der Waals surface area contributed by atoms with Crippen molar-refractivity contribution >= 4 is 0 Å². The smallest absolute Gasteiger partial charge is 0.241 e. The van der Waals surface area contributed by atoms with Crippen molar-refractivity contribution in [2.24, 2.45) is 5.92 Å². The van der Waals surface area contributed by atoms with Gasteiger partial charge in [0.25, 0.3) is 0 Å². The summed E-state index contributed by atoms with van der Waals surface area (Å²) >= 11 is 0. The van der Waals surface area contributed by atoms with Crippen LogP contribution in [0.5, 0.6) is 0 Å². The molecule has 0 saturated heterocycles. The van der Waals surface area contributed by atoms with Crippen LogP contribution < -0.4 is 4.57 Å². The van der Waals surface area contributed by atoms with Crippen molar-refractivity contribution in [1.29, 1.82) is 0 Å². The Morgan fingerprint density at radius 3 is 1.16 bits per heavy atom. The summed E-state index contributed by atoms with van der Waals surface area (Å²) < 4.78 is 2.52. The number of aromatic nitrogens is 2. The summed E-state index contributed by atoms with van der Waals surface area (Å²) in [6.07, 6.45) is 56.7. The molecule has 2 nitrogen and oxygen atoms in total. The Kier molecular flexibility index (Phi) is 30.8. The van der Waals surface area contributed by atoms with E-state index in [1.54, 1.807) is 0 Å². The second-order valence-corrected chi connectivity index (χ2v) is 16.3. The molecule has 0 bridgehead atoms. The minimum Gasteiger partial charge on any atom is -0.250 e. The number of hydrogen-bond donors (Lipinski definition) is 1. The lowest BCUT2D eigenvalue weighted by Crippen LogP contribution is -2.42. The highest BCUT2D eigenvalue weighted by molar-refractivity contribution is 5.15. The largest absolute Gasteiger partial charge is 0.250 e. The van der Waals surface area contributed by atoms with E-state index in [1.165, 1.54) is 230 Å². The van der Waals surface area contributed by atoms with Crippen molar-refractivity contribution < 1.29 is 4.57 Å². The molecule has 50 heavy (non-hydrogen) atoms. The first-order valence-corrected chi connectivity index (χ1v) is 22.9. The Labute approximate surface area is 313 Å². The Hall–Kier alpha value is -1.57. The third-order valence-corrected chi connectivity index (χ3v) is 11.6. The summed E-state index contributed by atoms with van der Waals surface area (Å²) in [5, 5.41) is 0. The summed E-state index contributed by atoms with van der Waals surface area (Å²) in [6.45, 7) is 4.62. The molecule has 0 radical (unpaired) electrons. The molecule has 0 fully saturated rings. The van der Waals surface area contributed by atoms with Crippen molar-refractivity contribution in [2.75, 3.05) is 0 Å². The predicted molar refractivity (Wildman–Crippen MR) is 222 cm³/mol. The third kappa shape index (κ3) is 25.4. The number of rotatable bonds is 38. The maximum atomic E-state index is 3.37. The summed E-state index contributed by atoms with van der Waals surface area (Å²) in [7, 11) is 0. The molecule has 2 aromatic rings. The van der Waals surface area contributed by atoms with Crippen LogP contribution in [-0.2, 0) is 6.42 Å². The summed E-state index contributed by atoms with van der Waals surface area (Å²) in [5.74, 6) is 0.709. The maximum absolute atomic E-state index is 3.37. The number of benzene rings is 1. The third-order valence-electron chi connectivity index (χ3n) is 11.6. The number of nitrogens with one attached hydrogen (secondary N) is 1. The standard InChI is InChI=1S/C48H86N2/c1-3-5-7-9-11-13-15-17-19-21-23-25-27-29-31-36-40-47(44-46-38-34-33-35-39-46)48(50-43-42-49-45-50)41-37-32-30-28-26-24-22-20-18-16-14-12-10-8-6-4-2/h33-35,38-39,42-43,45,47-48H,3-32,36-37,40-41,44H2,1-2H3/p+1. The van der Waals surface area contributed by atoms with Crippen LogP contribution in [-0.4, -0.2) is 4.98 Å². The van der Waals surface area contributed by atoms with Crippen molar-refractivity contribution in [1.82, 2.24) is 4.98 Å². The Bertz CT molecular complexity index is 905. The van der Waals surface area contributed by atoms with Gasteiger partial charge in [0.2, 0.25) is 6.33 Å². The van der Waals surface area contributed by atoms with E-state index >= 15 is 0 Å². The van der Waals surface area contributed by atoms with Gasteiger partial charge in [0, 0.05) is 5.92 Å². The molecule has 0 amide bonds. The Morgan fingerprint density at radius 1 is 0.440 bits per heavy atom. The van der Waals surface area contributed by atoms with Crippen LogP contribution in [0.3, 0.4) is 0 Å². The number of nitrogens with zero attached hydrogens (tertiary/aromatic N) is 1. The van der Waals surface area contributed by atoms with Gasteiger partial charge in [-0.2, -0.15) is 0 Å².